The van der Waals surface area contributed by atoms with Crippen molar-refractivity contribution in [3.63, 3.8) is 0 Å². The second-order valence-corrected chi connectivity index (χ2v) is 4.69. The fourth-order valence-corrected chi connectivity index (χ4v) is 1.72. The Morgan fingerprint density at radius 1 is 1.58 bits per heavy atom. The first-order chi connectivity index (χ1) is 8.82. The zero-order valence-corrected chi connectivity index (χ0v) is 10.6. The summed E-state index contributed by atoms with van der Waals surface area (Å²) in [5.41, 5.74) is 5.62. The molecule has 19 heavy (non-hydrogen) atoms. The summed E-state index contributed by atoms with van der Waals surface area (Å²) >= 11 is 0. The van der Waals surface area contributed by atoms with Gasteiger partial charge in [0.25, 0.3) is 0 Å². The van der Waals surface area contributed by atoms with E-state index in [9.17, 15) is 19.5 Å². The number of nitrogens with two attached hydrogens (primary N) is 1. The summed E-state index contributed by atoms with van der Waals surface area (Å²) < 4.78 is 0. The van der Waals surface area contributed by atoms with E-state index < -0.39 is 30.1 Å². The third-order valence-electron chi connectivity index (χ3n) is 3.10. The molecule has 1 heterocycles. The molecule has 1 rings (SSSR count). The maximum atomic E-state index is 11.7. The number of carboxylic acid groups (broad SMARTS) is 1. The van der Waals surface area contributed by atoms with Gasteiger partial charge in [-0.3, -0.25) is 9.59 Å². The van der Waals surface area contributed by atoms with Gasteiger partial charge in [0.2, 0.25) is 11.8 Å². The summed E-state index contributed by atoms with van der Waals surface area (Å²) in [6.07, 6.45) is -0.450. The van der Waals surface area contributed by atoms with Crippen LogP contribution in [0.5, 0.6) is 0 Å². The van der Waals surface area contributed by atoms with Crippen LogP contribution < -0.4 is 16.4 Å². The minimum atomic E-state index is -1.38. The van der Waals surface area contributed by atoms with Crippen molar-refractivity contribution in [1.82, 2.24) is 10.6 Å². The molecule has 1 saturated heterocycles. The molecule has 0 saturated carbocycles. The van der Waals surface area contributed by atoms with E-state index in [2.05, 4.69) is 10.6 Å². The predicted octanol–water partition coefficient (Wildman–Crippen LogP) is -2.21. The van der Waals surface area contributed by atoms with E-state index >= 15 is 0 Å². The Balaban J connectivity index is 2.38. The number of aliphatic hydroxyl groups excluding tert-OH is 1. The monoisotopic (exact) mass is 273 g/mol. The van der Waals surface area contributed by atoms with Crippen LogP contribution in [0.2, 0.25) is 0 Å². The molecule has 1 aliphatic heterocycles. The first-order valence-corrected chi connectivity index (χ1v) is 6.07. The van der Waals surface area contributed by atoms with Gasteiger partial charge >= 0.3 is 5.97 Å². The maximum Gasteiger partial charge on any atom is 0.328 e. The summed E-state index contributed by atoms with van der Waals surface area (Å²) in [5, 5.41) is 22.8. The third-order valence-corrected chi connectivity index (χ3v) is 3.10. The number of aliphatic hydroxyl groups is 1. The normalized spacial score (nSPS) is 22.7. The molecule has 0 unspecified atom stereocenters. The van der Waals surface area contributed by atoms with Gasteiger partial charge in [-0.2, -0.15) is 0 Å². The van der Waals surface area contributed by atoms with E-state index in [4.69, 9.17) is 10.8 Å². The Morgan fingerprint density at radius 3 is 2.58 bits per heavy atom. The lowest BCUT2D eigenvalue weighted by Crippen LogP contribution is -2.53. The van der Waals surface area contributed by atoms with Crippen LogP contribution >= 0.6 is 0 Å². The van der Waals surface area contributed by atoms with Crippen LogP contribution in [0.25, 0.3) is 0 Å². The molecular formula is C11H19N3O5. The number of aliphatic carboxylic acids is 1. The topological polar surface area (TPSA) is 142 Å². The van der Waals surface area contributed by atoms with Crippen molar-refractivity contribution in [2.75, 3.05) is 6.54 Å². The summed E-state index contributed by atoms with van der Waals surface area (Å²) in [6, 6.07) is -2.28. The molecule has 0 aromatic rings. The van der Waals surface area contributed by atoms with Crippen LogP contribution in [0, 0.1) is 5.92 Å². The quantitative estimate of drug-likeness (QED) is 0.333. The summed E-state index contributed by atoms with van der Waals surface area (Å²) in [6.45, 7) is 1.85. The molecule has 8 nitrogen and oxygen atoms in total. The first kappa shape index (κ1) is 15.4. The molecule has 2 amide bonds. The highest BCUT2D eigenvalue weighted by Crippen LogP contribution is 2.13. The van der Waals surface area contributed by atoms with Crippen molar-refractivity contribution in [2.45, 2.75) is 38.0 Å². The number of carbonyl (C=O) groups excluding carboxylic acids is 2. The Labute approximate surface area is 110 Å². The number of rotatable bonds is 7. The van der Waals surface area contributed by atoms with E-state index in [1.54, 1.807) is 0 Å². The summed E-state index contributed by atoms with van der Waals surface area (Å²) in [4.78, 5) is 33.5. The Kier molecular flexibility index (Phi) is 5.25. The van der Waals surface area contributed by atoms with Crippen LogP contribution in [0.4, 0.5) is 0 Å². The lowest BCUT2D eigenvalue weighted by atomic mass is 9.94. The highest BCUT2D eigenvalue weighted by atomic mass is 16.4. The minimum Gasteiger partial charge on any atom is -0.480 e. The van der Waals surface area contributed by atoms with Gasteiger partial charge in [-0.15, -0.1) is 0 Å². The van der Waals surface area contributed by atoms with Crippen LogP contribution in [-0.4, -0.2) is 52.7 Å². The second-order valence-electron chi connectivity index (χ2n) is 4.69. The van der Waals surface area contributed by atoms with Crippen molar-refractivity contribution in [3.8, 4) is 0 Å². The van der Waals surface area contributed by atoms with E-state index in [1.165, 1.54) is 6.92 Å². The molecular weight excluding hydrogens is 254 g/mol. The third kappa shape index (κ3) is 4.18. The molecule has 6 N–H and O–H groups in total. The lowest BCUT2D eigenvalue weighted by Gasteiger charge is -2.27. The van der Waals surface area contributed by atoms with Crippen molar-refractivity contribution < 1.29 is 24.6 Å². The number of hydrogen-bond acceptors (Lipinski definition) is 5. The molecule has 0 spiro atoms. The molecule has 0 aromatic carbocycles. The number of β-lactam (4-membered cyclic amide) rings is 1. The predicted molar refractivity (Wildman–Crippen MR) is 65.0 cm³/mol. The van der Waals surface area contributed by atoms with Gasteiger partial charge in [0.05, 0.1) is 18.1 Å². The number of carbonyl (C=O) groups is 3. The van der Waals surface area contributed by atoms with Crippen LogP contribution in [0.1, 0.15) is 19.8 Å². The second kappa shape index (κ2) is 6.48. The van der Waals surface area contributed by atoms with Gasteiger partial charge in [0.1, 0.15) is 0 Å². The first-order valence-electron chi connectivity index (χ1n) is 6.07. The van der Waals surface area contributed by atoms with Crippen molar-refractivity contribution in [2.24, 2.45) is 11.7 Å². The molecule has 4 atom stereocenters. The van der Waals surface area contributed by atoms with Crippen LogP contribution in [0.3, 0.4) is 0 Å². The van der Waals surface area contributed by atoms with Crippen LogP contribution in [-0.2, 0) is 14.4 Å². The number of nitrogens with one attached hydrogen (secondary N) is 2. The summed E-state index contributed by atoms with van der Waals surface area (Å²) in [7, 11) is 0. The van der Waals surface area contributed by atoms with Gasteiger partial charge < -0.3 is 26.6 Å². The Bertz CT molecular complexity index is 371. The van der Waals surface area contributed by atoms with E-state index in [0.29, 0.717) is 13.0 Å². The van der Waals surface area contributed by atoms with E-state index in [-0.39, 0.29) is 18.2 Å². The molecule has 0 aliphatic carbocycles. The van der Waals surface area contributed by atoms with Gasteiger partial charge in [0.15, 0.2) is 6.04 Å². The fraction of sp³-hybridized carbons (Fsp3) is 0.727. The standard InChI is InChI=1S/C11H19N3O5/c1-5(15)8(11(18)19)14-10(17)7(12)3-2-6-4-13-9(6)16/h5-8,15H,2-4,12H2,1H3,(H,13,16)(H,14,17)(H,18,19)/t5-,6-,7+,8+/m1/s1. The average molecular weight is 273 g/mol. The number of hydrogen-bond donors (Lipinski definition) is 5. The molecule has 1 aliphatic rings. The highest BCUT2D eigenvalue weighted by Gasteiger charge is 2.30. The fourth-order valence-electron chi connectivity index (χ4n) is 1.72. The van der Waals surface area contributed by atoms with Gasteiger partial charge in [-0.05, 0) is 19.8 Å². The molecule has 0 radical (unpaired) electrons. The van der Waals surface area contributed by atoms with Gasteiger partial charge in [0, 0.05) is 6.54 Å². The van der Waals surface area contributed by atoms with E-state index in [1.807, 2.05) is 0 Å². The molecule has 0 bridgehead atoms. The molecule has 1 fully saturated rings. The van der Waals surface area contributed by atoms with Crippen molar-refractivity contribution in [1.29, 1.82) is 0 Å². The molecule has 0 aromatic heterocycles. The largest absolute Gasteiger partial charge is 0.480 e. The Morgan fingerprint density at radius 2 is 2.21 bits per heavy atom. The average Bonchev–Trinajstić information content (AvgIpc) is 2.32. The zero-order valence-electron chi connectivity index (χ0n) is 10.6. The van der Waals surface area contributed by atoms with Crippen LogP contribution in [0.15, 0.2) is 0 Å². The molecule has 8 heteroatoms. The SMILES string of the molecule is C[C@@H](O)[C@H](NC(=O)[C@@H](N)CC[C@@H]1CNC1=O)C(=O)O. The summed E-state index contributed by atoms with van der Waals surface area (Å²) in [5.74, 6) is -2.15. The molecule has 108 valence electrons. The number of amides is 2. The van der Waals surface area contributed by atoms with E-state index in [0.717, 1.165) is 0 Å². The van der Waals surface area contributed by atoms with Crippen molar-refractivity contribution >= 4 is 17.8 Å². The lowest BCUT2D eigenvalue weighted by molar-refractivity contribution is -0.145. The highest BCUT2D eigenvalue weighted by molar-refractivity contribution is 5.87. The van der Waals surface area contributed by atoms with Gasteiger partial charge in [-0.1, -0.05) is 0 Å². The Hall–Kier alpha value is -1.67. The van der Waals surface area contributed by atoms with Crippen molar-refractivity contribution in [3.05, 3.63) is 0 Å². The van der Waals surface area contributed by atoms with Gasteiger partial charge in [-0.25, -0.2) is 4.79 Å². The zero-order chi connectivity index (χ0) is 14.6. The maximum absolute atomic E-state index is 11.7. The minimum absolute atomic E-state index is 0.0556. The number of carboxylic acids is 1. The smallest absolute Gasteiger partial charge is 0.328 e.